The third kappa shape index (κ3) is 3.08. The number of nitrogens with two attached hydrogens (primary N) is 1. The van der Waals surface area contributed by atoms with Gasteiger partial charge in [-0.25, -0.2) is 0 Å². The second kappa shape index (κ2) is 5.02. The molecular formula is C15H17NO. The first-order valence-corrected chi connectivity index (χ1v) is 5.75. The van der Waals surface area contributed by atoms with Gasteiger partial charge in [0.15, 0.2) is 0 Å². The fourth-order valence-corrected chi connectivity index (χ4v) is 1.90. The lowest BCUT2D eigenvalue weighted by Crippen LogP contribution is -2.13. The lowest BCUT2D eigenvalue weighted by atomic mass is 9.98. The van der Waals surface area contributed by atoms with Gasteiger partial charge in [0.2, 0.25) is 0 Å². The van der Waals surface area contributed by atoms with Gasteiger partial charge in [0, 0.05) is 6.04 Å². The van der Waals surface area contributed by atoms with E-state index < -0.39 is 0 Å². The maximum Gasteiger partial charge on any atom is 0.115 e. The lowest BCUT2D eigenvalue weighted by Gasteiger charge is -2.12. The summed E-state index contributed by atoms with van der Waals surface area (Å²) >= 11 is 0. The molecule has 2 rings (SSSR count). The number of benzene rings is 2. The molecule has 0 bridgehead atoms. The van der Waals surface area contributed by atoms with Crippen LogP contribution >= 0.6 is 0 Å². The molecule has 2 aromatic rings. The third-order valence-electron chi connectivity index (χ3n) is 2.86. The van der Waals surface area contributed by atoms with Crippen molar-refractivity contribution in [3.05, 3.63) is 65.2 Å². The smallest absolute Gasteiger partial charge is 0.115 e. The third-order valence-corrected chi connectivity index (χ3v) is 2.86. The van der Waals surface area contributed by atoms with Gasteiger partial charge in [-0.15, -0.1) is 0 Å². The minimum absolute atomic E-state index is 0.000516. The number of phenolic OH excluding ortho intramolecular Hbond substituents is 1. The molecule has 2 nitrogen and oxygen atoms in total. The highest BCUT2D eigenvalue weighted by atomic mass is 16.3. The first-order valence-electron chi connectivity index (χ1n) is 5.75. The van der Waals surface area contributed by atoms with Gasteiger partial charge in [-0.05, 0) is 36.6 Å². The van der Waals surface area contributed by atoms with Crippen molar-refractivity contribution in [2.75, 3.05) is 0 Å². The topological polar surface area (TPSA) is 46.2 Å². The summed E-state index contributed by atoms with van der Waals surface area (Å²) in [4.78, 5) is 0. The van der Waals surface area contributed by atoms with Crippen molar-refractivity contribution in [2.45, 2.75) is 19.4 Å². The van der Waals surface area contributed by atoms with Crippen LogP contribution in [-0.4, -0.2) is 5.11 Å². The van der Waals surface area contributed by atoms with E-state index in [1.165, 1.54) is 5.56 Å². The zero-order valence-corrected chi connectivity index (χ0v) is 9.93. The molecule has 0 aliphatic heterocycles. The Bertz CT molecular complexity index is 491. The van der Waals surface area contributed by atoms with Gasteiger partial charge in [-0.1, -0.05) is 42.0 Å². The van der Waals surface area contributed by atoms with E-state index in [1.807, 2.05) is 18.2 Å². The van der Waals surface area contributed by atoms with Crippen LogP contribution in [0.15, 0.2) is 48.5 Å². The van der Waals surface area contributed by atoms with Gasteiger partial charge in [0.05, 0.1) is 0 Å². The second-order valence-electron chi connectivity index (χ2n) is 4.39. The van der Waals surface area contributed by atoms with Crippen molar-refractivity contribution in [1.29, 1.82) is 0 Å². The predicted octanol–water partition coefficient (Wildman–Crippen LogP) is 2.94. The Morgan fingerprint density at radius 1 is 1.12 bits per heavy atom. The number of hydrogen-bond donors (Lipinski definition) is 2. The Morgan fingerprint density at radius 2 is 1.82 bits per heavy atom. The van der Waals surface area contributed by atoms with E-state index in [2.05, 4.69) is 25.1 Å². The largest absolute Gasteiger partial charge is 0.508 e. The molecule has 0 heterocycles. The summed E-state index contributed by atoms with van der Waals surface area (Å²) in [6.07, 6.45) is 0.781. The van der Waals surface area contributed by atoms with Crippen molar-refractivity contribution in [3.8, 4) is 5.75 Å². The number of aryl methyl sites for hydroxylation is 1. The molecular weight excluding hydrogens is 210 g/mol. The maximum atomic E-state index is 9.21. The molecule has 2 aromatic carbocycles. The highest BCUT2D eigenvalue weighted by molar-refractivity contribution is 5.29. The summed E-state index contributed by atoms with van der Waals surface area (Å²) in [5.41, 5.74) is 9.68. The molecule has 0 amide bonds. The Balaban J connectivity index is 2.11. The first kappa shape index (κ1) is 11.7. The fourth-order valence-electron chi connectivity index (χ4n) is 1.90. The highest BCUT2D eigenvalue weighted by Crippen LogP contribution is 2.18. The van der Waals surface area contributed by atoms with Gasteiger partial charge in [-0.2, -0.15) is 0 Å². The number of hydrogen-bond acceptors (Lipinski definition) is 2. The minimum atomic E-state index is -0.000516. The predicted molar refractivity (Wildman–Crippen MR) is 69.9 cm³/mol. The Kier molecular flexibility index (Phi) is 3.45. The van der Waals surface area contributed by atoms with Gasteiger partial charge >= 0.3 is 0 Å². The van der Waals surface area contributed by atoms with E-state index in [-0.39, 0.29) is 11.8 Å². The summed E-state index contributed by atoms with van der Waals surface area (Å²) in [5.74, 6) is 0.290. The quantitative estimate of drug-likeness (QED) is 0.846. The molecule has 0 fully saturated rings. The lowest BCUT2D eigenvalue weighted by molar-refractivity contribution is 0.475. The van der Waals surface area contributed by atoms with Gasteiger partial charge in [0.25, 0.3) is 0 Å². The van der Waals surface area contributed by atoms with Crippen LogP contribution in [0.25, 0.3) is 0 Å². The molecule has 0 spiro atoms. The van der Waals surface area contributed by atoms with Gasteiger partial charge < -0.3 is 10.8 Å². The van der Waals surface area contributed by atoms with E-state index in [4.69, 9.17) is 5.73 Å². The van der Waals surface area contributed by atoms with Crippen LogP contribution in [0.4, 0.5) is 0 Å². The van der Waals surface area contributed by atoms with E-state index in [9.17, 15) is 5.11 Å². The fraction of sp³-hybridized carbons (Fsp3) is 0.200. The van der Waals surface area contributed by atoms with Crippen LogP contribution in [0.5, 0.6) is 5.75 Å². The zero-order chi connectivity index (χ0) is 12.3. The van der Waals surface area contributed by atoms with Gasteiger partial charge in [-0.3, -0.25) is 0 Å². The van der Waals surface area contributed by atoms with Crippen molar-refractivity contribution < 1.29 is 5.11 Å². The molecule has 0 saturated carbocycles. The van der Waals surface area contributed by atoms with E-state index in [1.54, 1.807) is 12.1 Å². The first-order chi connectivity index (χ1) is 8.15. The molecule has 17 heavy (non-hydrogen) atoms. The van der Waals surface area contributed by atoms with Crippen molar-refractivity contribution in [3.63, 3.8) is 0 Å². The summed E-state index contributed by atoms with van der Waals surface area (Å²) in [5, 5.41) is 9.21. The van der Waals surface area contributed by atoms with Crippen LogP contribution in [0.2, 0.25) is 0 Å². The number of rotatable bonds is 3. The Hall–Kier alpha value is -1.80. The average Bonchev–Trinajstić information content (AvgIpc) is 2.32. The monoisotopic (exact) mass is 227 g/mol. The van der Waals surface area contributed by atoms with Crippen molar-refractivity contribution in [2.24, 2.45) is 5.73 Å². The standard InChI is InChI=1S/C15H17NO/c1-11-3-2-4-13(9-11)15(16)10-12-5-7-14(17)8-6-12/h2-9,15,17H,10,16H2,1H3. The second-order valence-corrected chi connectivity index (χ2v) is 4.39. The van der Waals surface area contributed by atoms with E-state index in [0.29, 0.717) is 0 Å². The van der Waals surface area contributed by atoms with Gasteiger partial charge in [0.1, 0.15) is 5.75 Å². The maximum absolute atomic E-state index is 9.21. The van der Waals surface area contributed by atoms with Crippen LogP contribution in [-0.2, 0) is 6.42 Å². The van der Waals surface area contributed by atoms with Crippen LogP contribution in [0.1, 0.15) is 22.7 Å². The molecule has 0 aliphatic rings. The summed E-state index contributed by atoms with van der Waals surface area (Å²) < 4.78 is 0. The SMILES string of the molecule is Cc1cccc(C(N)Cc2ccc(O)cc2)c1. The molecule has 0 aliphatic carbocycles. The van der Waals surface area contributed by atoms with E-state index >= 15 is 0 Å². The van der Waals surface area contributed by atoms with Crippen LogP contribution in [0.3, 0.4) is 0 Å². The Morgan fingerprint density at radius 3 is 2.47 bits per heavy atom. The number of phenols is 1. The molecule has 3 N–H and O–H groups in total. The average molecular weight is 227 g/mol. The van der Waals surface area contributed by atoms with Crippen LogP contribution < -0.4 is 5.73 Å². The number of aromatic hydroxyl groups is 1. The van der Waals surface area contributed by atoms with Crippen LogP contribution in [0, 0.1) is 6.92 Å². The zero-order valence-electron chi connectivity index (χ0n) is 9.93. The van der Waals surface area contributed by atoms with E-state index in [0.717, 1.165) is 17.5 Å². The van der Waals surface area contributed by atoms with Crippen molar-refractivity contribution >= 4 is 0 Å². The minimum Gasteiger partial charge on any atom is -0.508 e. The summed E-state index contributed by atoms with van der Waals surface area (Å²) in [6, 6.07) is 15.5. The summed E-state index contributed by atoms with van der Waals surface area (Å²) in [6.45, 7) is 2.07. The Labute approximate surface area is 102 Å². The normalized spacial score (nSPS) is 12.4. The van der Waals surface area contributed by atoms with Crippen molar-refractivity contribution in [1.82, 2.24) is 0 Å². The molecule has 0 saturated heterocycles. The molecule has 0 aromatic heterocycles. The molecule has 1 unspecified atom stereocenters. The highest BCUT2D eigenvalue weighted by Gasteiger charge is 2.07. The molecule has 1 atom stereocenters. The molecule has 88 valence electrons. The summed E-state index contributed by atoms with van der Waals surface area (Å²) in [7, 11) is 0. The molecule has 2 heteroatoms. The molecule has 0 radical (unpaired) electrons.